The van der Waals surface area contributed by atoms with Crippen molar-refractivity contribution in [1.29, 1.82) is 0 Å². The molecule has 0 aliphatic carbocycles. The number of nitrogens with one attached hydrogen (secondary N) is 1. The van der Waals surface area contributed by atoms with Gasteiger partial charge in [-0.3, -0.25) is 9.59 Å². The largest absolute Gasteiger partial charge is 0.493 e. The van der Waals surface area contributed by atoms with Crippen LogP contribution in [0.15, 0.2) is 46.9 Å². The predicted octanol–water partition coefficient (Wildman–Crippen LogP) is 3.16. The van der Waals surface area contributed by atoms with E-state index in [-0.39, 0.29) is 5.76 Å². The summed E-state index contributed by atoms with van der Waals surface area (Å²) in [5.41, 5.74) is 0.329. The molecule has 1 atom stereocenters. The molecule has 0 bridgehead atoms. The van der Waals surface area contributed by atoms with E-state index in [1.54, 1.807) is 36.4 Å². The standard InChI is InChI=1S/C20H17NO5/c1-11-5-3-7-13-17(11)21-19(23)20(13,24)10-14(22)16-9-12-6-4-8-15(25-2)18(12)26-16/h3-9,24H,10H2,1-2H3,(H,21,23)/t20-/m0/s1. The summed E-state index contributed by atoms with van der Waals surface area (Å²) in [5.74, 6) is -0.481. The number of methoxy groups -OCH3 is 1. The maximum atomic E-state index is 12.7. The molecule has 6 nitrogen and oxygen atoms in total. The van der Waals surface area contributed by atoms with Crippen molar-refractivity contribution in [2.75, 3.05) is 12.4 Å². The Morgan fingerprint density at radius 2 is 2.04 bits per heavy atom. The third-order valence-electron chi connectivity index (χ3n) is 4.75. The second-order valence-electron chi connectivity index (χ2n) is 6.40. The molecule has 1 aromatic heterocycles. The van der Waals surface area contributed by atoms with Gasteiger partial charge in [0.05, 0.1) is 19.2 Å². The maximum absolute atomic E-state index is 12.7. The van der Waals surface area contributed by atoms with Gasteiger partial charge in [-0.05, 0) is 24.6 Å². The molecule has 1 aliphatic heterocycles. The van der Waals surface area contributed by atoms with Crippen LogP contribution in [0.2, 0.25) is 0 Å². The normalized spacial score (nSPS) is 18.7. The molecule has 132 valence electrons. The summed E-state index contributed by atoms with van der Waals surface area (Å²) in [7, 11) is 1.52. The SMILES string of the molecule is COc1cccc2cc(C(=O)C[C@@]3(O)C(=O)Nc4c(C)cccc43)oc12. The average Bonchev–Trinajstić information content (AvgIpc) is 3.16. The first-order valence-electron chi connectivity index (χ1n) is 8.17. The van der Waals surface area contributed by atoms with E-state index >= 15 is 0 Å². The summed E-state index contributed by atoms with van der Waals surface area (Å²) in [4.78, 5) is 25.1. The van der Waals surface area contributed by atoms with E-state index < -0.39 is 23.7 Å². The molecule has 0 fully saturated rings. The molecular formula is C20H17NO5. The molecule has 2 heterocycles. The topological polar surface area (TPSA) is 88.8 Å². The Morgan fingerprint density at radius 1 is 1.27 bits per heavy atom. The number of Topliss-reactive ketones (excluding diaryl/α,β-unsaturated/α-hetero) is 1. The minimum Gasteiger partial charge on any atom is -0.493 e. The molecule has 4 rings (SSSR count). The highest BCUT2D eigenvalue weighted by Crippen LogP contribution is 2.41. The zero-order valence-electron chi connectivity index (χ0n) is 14.3. The summed E-state index contributed by atoms with van der Waals surface area (Å²) in [6, 6.07) is 12.1. The fraction of sp³-hybridized carbons (Fsp3) is 0.200. The number of aryl methyl sites for hydroxylation is 1. The molecule has 2 N–H and O–H groups in total. The van der Waals surface area contributed by atoms with Crippen LogP contribution in [0.1, 0.15) is 28.1 Å². The van der Waals surface area contributed by atoms with Crippen LogP contribution in [0, 0.1) is 6.92 Å². The lowest BCUT2D eigenvalue weighted by molar-refractivity contribution is -0.133. The average molecular weight is 351 g/mol. The van der Waals surface area contributed by atoms with Crippen LogP contribution >= 0.6 is 0 Å². The summed E-state index contributed by atoms with van der Waals surface area (Å²) in [6.07, 6.45) is -0.405. The number of rotatable bonds is 4. The van der Waals surface area contributed by atoms with Gasteiger partial charge in [-0.2, -0.15) is 0 Å². The third-order valence-corrected chi connectivity index (χ3v) is 4.75. The van der Waals surface area contributed by atoms with Crippen LogP contribution in [0.5, 0.6) is 5.75 Å². The zero-order chi connectivity index (χ0) is 18.5. The Kier molecular flexibility index (Phi) is 3.59. The van der Waals surface area contributed by atoms with Crippen molar-refractivity contribution in [1.82, 2.24) is 0 Å². The molecule has 0 spiro atoms. The van der Waals surface area contributed by atoms with Crippen molar-refractivity contribution in [3.05, 3.63) is 59.4 Å². The quantitative estimate of drug-likeness (QED) is 0.705. The van der Waals surface area contributed by atoms with Crippen LogP contribution in [0.25, 0.3) is 11.0 Å². The molecule has 0 unspecified atom stereocenters. The van der Waals surface area contributed by atoms with E-state index in [2.05, 4.69) is 5.32 Å². The van der Waals surface area contributed by atoms with Gasteiger partial charge in [0, 0.05) is 10.9 Å². The fourth-order valence-electron chi connectivity index (χ4n) is 3.35. The highest BCUT2D eigenvalue weighted by molar-refractivity contribution is 6.10. The van der Waals surface area contributed by atoms with E-state index in [4.69, 9.17) is 9.15 Å². The van der Waals surface area contributed by atoms with Gasteiger partial charge >= 0.3 is 0 Å². The predicted molar refractivity (Wildman–Crippen MR) is 95.4 cm³/mol. The number of carbonyl (C=O) groups excluding carboxylic acids is 2. The van der Waals surface area contributed by atoms with Crippen LogP contribution in [0.3, 0.4) is 0 Å². The molecule has 1 amide bonds. The van der Waals surface area contributed by atoms with Crippen LogP contribution in [-0.4, -0.2) is 23.9 Å². The van der Waals surface area contributed by atoms with Crippen LogP contribution < -0.4 is 10.1 Å². The molecule has 1 aliphatic rings. The molecule has 0 saturated carbocycles. The number of furan rings is 1. The number of aliphatic hydroxyl groups is 1. The minimum atomic E-state index is -1.92. The van der Waals surface area contributed by atoms with Gasteiger partial charge in [-0.1, -0.05) is 30.3 Å². The van der Waals surface area contributed by atoms with Gasteiger partial charge in [0.15, 0.2) is 22.7 Å². The summed E-state index contributed by atoms with van der Waals surface area (Å²) in [6.45, 7) is 1.83. The highest BCUT2D eigenvalue weighted by Gasteiger charge is 2.47. The van der Waals surface area contributed by atoms with Crippen molar-refractivity contribution in [3.8, 4) is 5.75 Å². The molecular weight excluding hydrogens is 334 g/mol. The molecule has 2 aromatic carbocycles. The van der Waals surface area contributed by atoms with Crippen LogP contribution in [0.4, 0.5) is 5.69 Å². The summed E-state index contributed by atoms with van der Waals surface area (Å²) < 4.78 is 10.9. The van der Waals surface area contributed by atoms with Gasteiger partial charge in [-0.15, -0.1) is 0 Å². The number of fused-ring (bicyclic) bond motifs is 2. The van der Waals surface area contributed by atoms with Gasteiger partial charge in [-0.25, -0.2) is 0 Å². The zero-order valence-corrected chi connectivity index (χ0v) is 14.3. The number of ether oxygens (including phenoxy) is 1. The van der Waals surface area contributed by atoms with Gasteiger partial charge in [0.2, 0.25) is 5.78 Å². The lowest BCUT2D eigenvalue weighted by Crippen LogP contribution is -2.36. The number of ketones is 1. The van der Waals surface area contributed by atoms with E-state index in [0.717, 1.165) is 5.56 Å². The second kappa shape index (κ2) is 5.71. The number of benzene rings is 2. The first-order valence-corrected chi connectivity index (χ1v) is 8.17. The summed E-state index contributed by atoms with van der Waals surface area (Å²) >= 11 is 0. The van der Waals surface area contributed by atoms with Crippen molar-refractivity contribution >= 4 is 28.3 Å². The Bertz CT molecular complexity index is 1050. The number of anilines is 1. The Morgan fingerprint density at radius 3 is 2.81 bits per heavy atom. The van der Waals surface area contributed by atoms with Crippen molar-refractivity contribution in [2.45, 2.75) is 18.9 Å². The van der Waals surface area contributed by atoms with Crippen molar-refractivity contribution in [3.63, 3.8) is 0 Å². The van der Waals surface area contributed by atoms with Crippen LogP contribution in [-0.2, 0) is 10.4 Å². The van der Waals surface area contributed by atoms with E-state index in [1.165, 1.54) is 7.11 Å². The fourth-order valence-corrected chi connectivity index (χ4v) is 3.35. The number of hydrogen-bond donors (Lipinski definition) is 2. The van der Waals surface area contributed by atoms with E-state index in [9.17, 15) is 14.7 Å². The second-order valence-corrected chi connectivity index (χ2v) is 6.40. The molecule has 0 saturated heterocycles. The molecule has 0 radical (unpaired) electrons. The molecule has 6 heteroatoms. The van der Waals surface area contributed by atoms with Crippen molar-refractivity contribution < 1.29 is 23.8 Å². The lowest BCUT2D eigenvalue weighted by atomic mass is 9.88. The first-order chi connectivity index (χ1) is 12.4. The Labute approximate surface area is 149 Å². The minimum absolute atomic E-state index is 0.0758. The maximum Gasteiger partial charge on any atom is 0.261 e. The Hall–Kier alpha value is -3.12. The third kappa shape index (κ3) is 2.30. The number of amides is 1. The van der Waals surface area contributed by atoms with Crippen molar-refractivity contribution in [2.24, 2.45) is 0 Å². The van der Waals surface area contributed by atoms with E-state index in [0.29, 0.717) is 28.0 Å². The number of hydrogen-bond acceptors (Lipinski definition) is 5. The monoisotopic (exact) mass is 351 g/mol. The Balaban J connectivity index is 1.71. The lowest BCUT2D eigenvalue weighted by Gasteiger charge is -2.19. The molecule has 26 heavy (non-hydrogen) atoms. The van der Waals surface area contributed by atoms with Gasteiger partial charge < -0.3 is 19.6 Å². The van der Waals surface area contributed by atoms with Gasteiger partial charge in [0.25, 0.3) is 5.91 Å². The highest BCUT2D eigenvalue weighted by atomic mass is 16.5. The summed E-state index contributed by atoms with van der Waals surface area (Å²) in [5, 5.41) is 14.3. The number of carbonyl (C=O) groups is 2. The first kappa shape index (κ1) is 16.4. The smallest absolute Gasteiger partial charge is 0.261 e. The van der Waals surface area contributed by atoms with E-state index in [1.807, 2.05) is 13.0 Å². The van der Waals surface area contributed by atoms with Gasteiger partial charge in [0.1, 0.15) is 0 Å². The molecule has 3 aromatic rings. The number of para-hydroxylation sites is 2.